The van der Waals surface area contributed by atoms with E-state index in [1.165, 1.54) is 5.56 Å². The van der Waals surface area contributed by atoms with E-state index in [9.17, 15) is 4.79 Å². The second-order valence-electron chi connectivity index (χ2n) is 6.24. The Kier molecular flexibility index (Phi) is 4.80. The molecule has 0 atom stereocenters. The van der Waals surface area contributed by atoms with Gasteiger partial charge >= 0.3 is 0 Å². The summed E-state index contributed by atoms with van der Waals surface area (Å²) in [5.41, 5.74) is 2.01. The standard InChI is InChI=1S/C19H19IN2O3/c20-16-4-2-1-3-15(16)19(23)22-9-7-21(8-10-22)12-14-5-6-17-18(11-14)25-13-24-17/h1-6,11H,7-10,12-13H2. The van der Waals surface area contributed by atoms with Crippen LogP contribution in [0.15, 0.2) is 42.5 Å². The van der Waals surface area contributed by atoms with E-state index in [0.717, 1.165) is 53.4 Å². The molecule has 4 rings (SSSR count). The summed E-state index contributed by atoms with van der Waals surface area (Å²) in [6.45, 7) is 4.44. The van der Waals surface area contributed by atoms with Gasteiger partial charge in [0, 0.05) is 36.3 Å². The Morgan fingerprint density at radius 1 is 1.00 bits per heavy atom. The first-order valence-corrected chi connectivity index (χ1v) is 9.43. The number of halogens is 1. The molecule has 25 heavy (non-hydrogen) atoms. The molecule has 2 aromatic rings. The second kappa shape index (κ2) is 7.21. The van der Waals surface area contributed by atoms with Crippen LogP contribution in [0.1, 0.15) is 15.9 Å². The first kappa shape index (κ1) is 16.7. The molecule has 2 aromatic carbocycles. The van der Waals surface area contributed by atoms with Crippen LogP contribution >= 0.6 is 22.6 Å². The average Bonchev–Trinajstić information content (AvgIpc) is 3.10. The van der Waals surface area contributed by atoms with Gasteiger partial charge < -0.3 is 14.4 Å². The molecule has 0 radical (unpaired) electrons. The van der Waals surface area contributed by atoms with Gasteiger partial charge in [-0.1, -0.05) is 18.2 Å². The second-order valence-corrected chi connectivity index (χ2v) is 7.40. The van der Waals surface area contributed by atoms with Crippen molar-refractivity contribution in [2.24, 2.45) is 0 Å². The Labute approximate surface area is 160 Å². The van der Waals surface area contributed by atoms with Crippen molar-refractivity contribution in [2.75, 3.05) is 33.0 Å². The van der Waals surface area contributed by atoms with Crippen LogP contribution in [-0.4, -0.2) is 48.7 Å². The Bertz CT molecular complexity index is 788. The van der Waals surface area contributed by atoms with Crippen LogP contribution in [0.25, 0.3) is 0 Å². The SMILES string of the molecule is O=C(c1ccccc1I)N1CCN(Cc2ccc3c(c2)OCO3)CC1. The highest BCUT2D eigenvalue weighted by atomic mass is 127. The fourth-order valence-corrected chi connectivity index (χ4v) is 3.83. The topological polar surface area (TPSA) is 42.0 Å². The number of rotatable bonds is 3. The van der Waals surface area contributed by atoms with E-state index in [4.69, 9.17) is 9.47 Å². The lowest BCUT2D eigenvalue weighted by Gasteiger charge is -2.35. The third-order valence-electron chi connectivity index (χ3n) is 4.61. The minimum atomic E-state index is 0.132. The van der Waals surface area contributed by atoms with E-state index in [-0.39, 0.29) is 5.91 Å². The third kappa shape index (κ3) is 3.59. The fraction of sp³-hybridized carbons (Fsp3) is 0.316. The number of hydrogen-bond acceptors (Lipinski definition) is 4. The van der Waals surface area contributed by atoms with E-state index >= 15 is 0 Å². The van der Waals surface area contributed by atoms with Crippen molar-refractivity contribution in [3.63, 3.8) is 0 Å². The van der Waals surface area contributed by atoms with E-state index in [1.807, 2.05) is 41.3 Å². The van der Waals surface area contributed by atoms with E-state index in [1.54, 1.807) is 0 Å². The van der Waals surface area contributed by atoms with Gasteiger partial charge in [-0.05, 0) is 52.4 Å². The van der Waals surface area contributed by atoms with Crippen LogP contribution < -0.4 is 9.47 Å². The molecule has 0 bridgehead atoms. The van der Waals surface area contributed by atoms with Gasteiger partial charge in [0.05, 0.1) is 5.56 Å². The highest BCUT2D eigenvalue weighted by Gasteiger charge is 2.23. The van der Waals surface area contributed by atoms with Gasteiger partial charge in [0.15, 0.2) is 11.5 Å². The van der Waals surface area contributed by atoms with Crippen molar-refractivity contribution < 1.29 is 14.3 Å². The molecule has 5 nitrogen and oxygen atoms in total. The maximum absolute atomic E-state index is 12.7. The predicted octanol–water partition coefficient (Wildman–Crippen LogP) is 2.98. The summed E-state index contributed by atoms with van der Waals surface area (Å²) in [6.07, 6.45) is 0. The molecule has 1 fully saturated rings. The van der Waals surface area contributed by atoms with Crippen molar-refractivity contribution in [3.05, 3.63) is 57.2 Å². The zero-order chi connectivity index (χ0) is 17.2. The smallest absolute Gasteiger partial charge is 0.255 e. The lowest BCUT2D eigenvalue weighted by atomic mass is 10.1. The van der Waals surface area contributed by atoms with Crippen LogP contribution in [0.5, 0.6) is 11.5 Å². The van der Waals surface area contributed by atoms with Crippen LogP contribution in [-0.2, 0) is 6.54 Å². The van der Waals surface area contributed by atoms with Crippen LogP contribution in [0, 0.1) is 3.57 Å². The number of amides is 1. The Balaban J connectivity index is 1.35. The third-order valence-corrected chi connectivity index (χ3v) is 5.55. The summed E-state index contributed by atoms with van der Waals surface area (Å²) < 4.78 is 11.8. The molecule has 1 saturated heterocycles. The summed E-state index contributed by atoms with van der Waals surface area (Å²) in [7, 11) is 0. The molecule has 0 N–H and O–H groups in total. The van der Waals surface area contributed by atoms with Gasteiger partial charge in [-0.2, -0.15) is 0 Å². The molecule has 6 heteroatoms. The molecule has 130 valence electrons. The van der Waals surface area contributed by atoms with Crippen LogP contribution in [0.2, 0.25) is 0 Å². The zero-order valence-corrected chi connectivity index (χ0v) is 15.9. The Morgan fingerprint density at radius 3 is 2.56 bits per heavy atom. The van der Waals surface area contributed by atoms with Gasteiger partial charge in [0.1, 0.15) is 0 Å². The normalized spacial score (nSPS) is 16.9. The highest BCUT2D eigenvalue weighted by Crippen LogP contribution is 2.32. The Morgan fingerprint density at radius 2 is 1.76 bits per heavy atom. The molecule has 2 aliphatic heterocycles. The molecule has 0 spiro atoms. The molecule has 2 heterocycles. The summed E-state index contributed by atoms with van der Waals surface area (Å²) in [6, 6.07) is 13.9. The highest BCUT2D eigenvalue weighted by molar-refractivity contribution is 14.1. The summed E-state index contributed by atoms with van der Waals surface area (Å²) in [4.78, 5) is 17.0. The van der Waals surface area contributed by atoms with E-state index in [0.29, 0.717) is 6.79 Å². The number of piperazine rings is 1. The van der Waals surface area contributed by atoms with Gasteiger partial charge in [-0.25, -0.2) is 0 Å². The van der Waals surface area contributed by atoms with Crippen LogP contribution in [0.4, 0.5) is 0 Å². The number of nitrogens with zero attached hydrogens (tertiary/aromatic N) is 2. The minimum Gasteiger partial charge on any atom is -0.454 e. The number of carbonyl (C=O) groups is 1. The lowest BCUT2D eigenvalue weighted by molar-refractivity contribution is 0.0627. The number of ether oxygens (including phenoxy) is 2. The predicted molar refractivity (Wildman–Crippen MR) is 103 cm³/mol. The van der Waals surface area contributed by atoms with E-state index < -0.39 is 0 Å². The molecule has 1 amide bonds. The largest absolute Gasteiger partial charge is 0.454 e. The monoisotopic (exact) mass is 450 g/mol. The number of carbonyl (C=O) groups excluding carboxylic acids is 1. The van der Waals surface area contributed by atoms with Crippen molar-refractivity contribution in [1.82, 2.24) is 9.80 Å². The fourth-order valence-electron chi connectivity index (χ4n) is 3.21. The maximum atomic E-state index is 12.7. The van der Waals surface area contributed by atoms with Gasteiger partial charge in [-0.3, -0.25) is 9.69 Å². The molecule has 2 aliphatic rings. The van der Waals surface area contributed by atoms with Gasteiger partial charge in [-0.15, -0.1) is 0 Å². The molecule has 0 saturated carbocycles. The Hall–Kier alpha value is -1.80. The van der Waals surface area contributed by atoms with Gasteiger partial charge in [0.25, 0.3) is 5.91 Å². The molecular weight excluding hydrogens is 431 g/mol. The first-order chi connectivity index (χ1) is 12.2. The summed E-state index contributed by atoms with van der Waals surface area (Å²) >= 11 is 2.23. The lowest BCUT2D eigenvalue weighted by Crippen LogP contribution is -2.48. The van der Waals surface area contributed by atoms with Crippen molar-refractivity contribution in [1.29, 1.82) is 0 Å². The van der Waals surface area contributed by atoms with Crippen molar-refractivity contribution >= 4 is 28.5 Å². The quantitative estimate of drug-likeness (QED) is 0.675. The number of benzene rings is 2. The molecular formula is C19H19IN2O3. The zero-order valence-electron chi connectivity index (χ0n) is 13.8. The summed E-state index contributed by atoms with van der Waals surface area (Å²) in [5, 5.41) is 0. The molecule has 0 unspecified atom stereocenters. The van der Waals surface area contributed by atoms with E-state index in [2.05, 4.69) is 33.6 Å². The van der Waals surface area contributed by atoms with Gasteiger partial charge in [0.2, 0.25) is 6.79 Å². The van der Waals surface area contributed by atoms with Crippen molar-refractivity contribution in [2.45, 2.75) is 6.54 Å². The first-order valence-electron chi connectivity index (χ1n) is 8.35. The number of hydrogen-bond donors (Lipinski definition) is 0. The van der Waals surface area contributed by atoms with Crippen LogP contribution in [0.3, 0.4) is 0 Å². The van der Waals surface area contributed by atoms with Crippen molar-refractivity contribution in [3.8, 4) is 11.5 Å². The minimum absolute atomic E-state index is 0.132. The maximum Gasteiger partial charge on any atom is 0.255 e. The molecule has 0 aromatic heterocycles. The summed E-state index contributed by atoms with van der Waals surface area (Å²) in [5.74, 6) is 1.77. The molecule has 0 aliphatic carbocycles. The average molecular weight is 450 g/mol. The number of fused-ring (bicyclic) bond motifs is 1.